The van der Waals surface area contributed by atoms with Crippen LogP contribution >= 0.6 is 0 Å². The molecule has 0 saturated carbocycles. The normalized spacial score (nSPS) is 43.0. The van der Waals surface area contributed by atoms with Crippen molar-refractivity contribution in [3.05, 3.63) is 0 Å². The molecule has 3 heteroatoms. The first-order valence-electron chi connectivity index (χ1n) is 3.19. The molecule has 0 bridgehead atoms. The van der Waals surface area contributed by atoms with Crippen molar-refractivity contribution in [1.29, 1.82) is 0 Å². The summed E-state index contributed by atoms with van der Waals surface area (Å²) in [5, 5.41) is 2.75. The molecule has 1 heterocycles. The van der Waals surface area contributed by atoms with Crippen LogP contribution in [0.2, 0.25) is 0 Å². The van der Waals surface area contributed by atoms with Gasteiger partial charge in [0.2, 0.25) is 5.91 Å². The highest BCUT2D eigenvalue weighted by Gasteiger charge is 2.33. The van der Waals surface area contributed by atoms with E-state index in [4.69, 9.17) is 5.73 Å². The zero-order valence-corrected chi connectivity index (χ0v) is 5.72. The van der Waals surface area contributed by atoms with Crippen LogP contribution in [0, 0.1) is 5.92 Å². The van der Waals surface area contributed by atoms with Gasteiger partial charge in [-0.3, -0.25) is 4.79 Å². The lowest BCUT2D eigenvalue weighted by atomic mass is 10.0. The number of hydrogen-bond acceptors (Lipinski definition) is 2. The van der Waals surface area contributed by atoms with Gasteiger partial charge in [-0.15, -0.1) is 0 Å². The molecule has 0 aliphatic carbocycles. The first kappa shape index (κ1) is 6.55. The fourth-order valence-electron chi connectivity index (χ4n) is 1.00. The van der Waals surface area contributed by atoms with E-state index in [9.17, 15) is 4.79 Å². The van der Waals surface area contributed by atoms with Crippen molar-refractivity contribution in [3.63, 3.8) is 0 Å². The fraction of sp³-hybridized carbons (Fsp3) is 0.833. The van der Waals surface area contributed by atoms with Gasteiger partial charge >= 0.3 is 0 Å². The van der Waals surface area contributed by atoms with Gasteiger partial charge < -0.3 is 11.1 Å². The number of carbonyl (C=O) groups is 1. The highest BCUT2D eigenvalue weighted by atomic mass is 16.2. The Kier molecular flexibility index (Phi) is 1.45. The lowest BCUT2D eigenvalue weighted by Crippen LogP contribution is -2.32. The third-order valence-electron chi connectivity index (χ3n) is 2.03. The van der Waals surface area contributed by atoms with E-state index in [0.29, 0.717) is 0 Å². The van der Waals surface area contributed by atoms with Gasteiger partial charge in [0.1, 0.15) is 0 Å². The van der Waals surface area contributed by atoms with Gasteiger partial charge in [0.05, 0.1) is 6.04 Å². The molecule has 52 valence electrons. The molecular formula is C6H12N2O. The quantitative estimate of drug-likeness (QED) is 0.460. The van der Waals surface area contributed by atoms with Gasteiger partial charge in [0, 0.05) is 12.0 Å². The zero-order chi connectivity index (χ0) is 7.02. The highest BCUT2D eigenvalue weighted by Crippen LogP contribution is 2.13. The second-order valence-corrected chi connectivity index (χ2v) is 2.68. The highest BCUT2D eigenvalue weighted by molar-refractivity contribution is 5.84. The zero-order valence-electron chi connectivity index (χ0n) is 5.72. The Morgan fingerprint density at radius 3 is 2.22 bits per heavy atom. The van der Waals surface area contributed by atoms with Crippen molar-refractivity contribution in [1.82, 2.24) is 5.32 Å². The Hall–Kier alpha value is -0.570. The van der Waals surface area contributed by atoms with Crippen LogP contribution in [-0.2, 0) is 4.79 Å². The summed E-state index contributed by atoms with van der Waals surface area (Å²) in [6.45, 7) is 3.95. The smallest absolute Gasteiger partial charge is 0.237 e. The van der Waals surface area contributed by atoms with Crippen LogP contribution in [0.3, 0.4) is 0 Å². The minimum Gasteiger partial charge on any atom is -0.352 e. The summed E-state index contributed by atoms with van der Waals surface area (Å²) >= 11 is 0. The van der Waals surface area contributed by atoms with Crippen LogP contribution in [-0.4, -0.2) is 18.0 Å². The molecule has 0 aromatic carbocycles. The molecule has 0 unspecified atom stereocenters. The van der Waals surface area contributed by atoms with E-state index in [1.54, 1.807) is 0 Å². The molecule has 3 N–H and O–H groups in total. The van der Waals surface area contributed by atoms with Crippen LogP contribution in [0.15, 0.2) is 0 Å². The van der Waals surface area contributed by atoms with Crippen molar-refractivity contribution < 1.29 is 4.79 Å². The van der Waals surface area contributed by atoms with Gasteiger partial charge in [0.15, 0.2) is 0 Å². The monoisotopic (exact) mass is 128 g/mol. The standard InChI is InChI=1S/C6H12N2O/c1-3-4(2)8-6(9)5(3)7/h3-5H,7H2,1-2H3,(H,8,9)/t3-,4-,5+/m1/s1. The lowest BCUT2D eigenvalue weighted by Gasteiger charge is -2.08. The molecule has 0 spiro atoms. The number of carbonyl (C=O) groups excluding carboxylic acids is 1. The van der Waals surface area contributed by atoms with Crippen LogP contribution in [0.5, 0.6) is 0 Å². The van der Waals surface area contributed by atoms with E-state index in [1.165, 1.54) is 0 Å². The molecule has 0 radical (unpaired) electrons. The second-order valence-electron chi connectivity index (χ2n) is 2.68. The van der Waals surface area contributed by atoms with Gasteiger partial charge in [0.25, 0.3) is 0 Å². The van der Waals surface area contributed by atoms with Crippen molar-refractivity contribution in [3.8, 4) is 0 Å². The first-order chi connectivity index (χ1) is 4.13. The van der Waals surface area contributed by atoms with E-state index in [-0.39, 0.29) is 23.9 Å². The Labute approximate surface area is 54.6 Å². The number of nitrogens with two attached hydrogens (primary N) is 1. The van der Waals surface area contributed by atoms with Gasteiger partial charge in [-0.25, -0.2) is 0 Å². The topological polar surface area (TPSA) is 55.1 Å². The predicted molar refractivity (Wildman–Crippen MR) is 34.7 cm³/mol. The summed E-state index contributed by atoms with van der Waals surface area (Å²) < 4.78 is 0. The Bertz CT molecular complexity index is 135. The second kappa shape index (κ2) is 1.99. The third kappa shape index (κ3) is 0.920. The molecule has 1 rings (SSSR count). The molecule has 1 aliphatic heterocycles. The number of hydrogen-bond donors (Lipinski definition) is 2. The Balaban J connectivity index is 2.65. The lowest BCUT2D eigenvalue weighted by molar-refractivity contribution is -0.120. The minimum absolute atomic E-state index is 0.0185. The van der Waals surface area contributed by atoms with Crippen LogP contribution in [0.1, 0.15) is 13.8 Å². The van der Waals surface area contributed by atoms with Crippen LogP contribution < -0.4 is 11.1 Å². The predicted octanol–water partition coefficient (Wildman–Crippen LogP) is -0.532. The van der Waals surface area contributed by atoms with E-state index in [2.05, 4.69) is 5.32 Å². The molecule has 0 aromatic heterocycles. The van der Waals surface area contributed by atoms with Crippen LogP contribution in [0.4, 0.5) is 0 Å². The van der Waals surface area contributed by atoms with Gasteiger partial charge in [-0.05, 0) is 6.92 Å². The molecule has 0 aromatic rings. The number of rotatable bonds is 0. The molecule has 3 nitrogen and oxygen atoms in total. The van der Waals surface area contributed by atoms with Crippen molar-refractivity contribution >= 4 is 5.91 Å². The summed E-state index contributed by atoms with van der Waals surface area (Å²) in [4.78, 5) is 10.8. The third-order valence-corrected chi connectivity index (χ3v) is 2.03. The fourth-order valence-corrected chi connectivity index (χ4v) is 1.00. The summed E-state index contributed by atoms with van der Waals surface area (Å²) in [5.41, 5.74) is 5.50. The summed E-state index contributed by atoms with van der Waals surface area (Å²) in [5.74, 6) is 0.257. The maximum Gasteiger partial charge on any atom is 0.237 e. The van der Waals surface area contributed by atoms with E-state index in [1.807, 2.05) is 13.8 Å². The van der Waals surface area contributed by atoms with E-state index >= 15 is 0 Å². The summed E-state index contributed by atoms with van der Waals surface area (Å²) in [6, 6.07) is -0.0486. The average molecular weight is 128 g/mol. The van der Waals surface area contributed by atoms with Gasteiger partial charge in [-0.1, -0.05) is 6.92 Å². The van der Waals surface area contributed by atoms with Gasteiger partial charge in [-0.2, -0.15) is 0 Å². The SMILES string of the molecule is C[C@H]1[C@H](N)C(=O)N[C@@H]1C. The summed E-state index contributed by atoms with van der Waals surface area (Å²) in [6.07, 6.45) is 0. The molecule has 1 amide bonds. The van der Waals surface area contributed by atoms with Crippen molar-refractivity contribution in [2.24, 2.45) is 11.7 Å². The maximum absolute atomic E-state index is 10.8. The van der Waals surface area contributed by atoms with Crippen molar-refractivity contribution in [2.75, 3.05) is 0 Å². The average Bonchev–Trinajstić information content (AvgIpc) is 1.98. The van der Waals surface area contributed by atoms with E-state index < -0.39 is 0 Å². The Morgan fingerprint density at radius 2 is 2.11 bits per heavy atom. The van der Waals surface area contributed by atoms with E-state index in [0.717, 1.165) is 0 Å². The molecule has 1 saturated heterocycles. The maximum atomic E-state index is 10.8. The molecular weight excluding hydrogens is 116 g/mol. The van der Waals surface area contributed by atoms with Crippen molar-refractivity contribution in [2.45, 2.75) is 25.9 Å². The number of nitrogens with one attached hydrogen (secondary N) is 1. The van der Waals surface area contributed by atoms with Crippen LogP contribution in [0.25, 0.3) is 0 Å². The minimum atomic E-state index is -0.292. The Morgan fingerprint density at radius 1 is 1.56 bits per heavy atom. The molecule has 1 fully saturated rings. The molecule has 9 heavy (non-hydrogen) atoms. The largest absolute Gasteiger partial charge is 0.352 e. The summed E-state index contributed by atoms with van der Waals surface area (Å²) in [7, 11) is 0. The molecule has 3 atom stereocenters. The first-order valence-corrected chi connectivity index (χ1v) is 3.19. The number of amides is 1. The molecule has 1 aliphatic rings.